The first-order valence-corrected chi connectivity index (χ1v) is 10.4. The molecule has 1 saturated heterocycles. The van der Waals surface area contributed by atoms with Crippen LogP contribution in [0, 0.1) is 5.92 Å². The summed E-state index contributed by atoms with van der Waals surface area (Å²) in [6.07, 6.45) is 1.53. The van der Waals surface area contributed by atoms with Gasteiger partial charge in [-0.1, -0.05) is 44.2 Å². The Hall–Kier alpha value is -3.09. The lowest BCUT2D eigenvalue weighted by atomic mass is 10.0. The third kappa shape index (κ3) is 5.09. The molecule has 0 atom stereocenters. The predicted molar refractivity (Wildman–Crippen MR) is 115 cm³/mol. The number of primary amides is 1. The summed E-state index contributed by atoms with van der Waals surface area (Å²) >= 11 is 0. The van der Waals surface area contributed by atoms with Crippen LogP contribution in [-0.2, 0) is 4.79 Å². The van der Waals surface area contributed by atoms with E-state index in [2.05, 4.69) is 13.8 Å². The minimum Gasteiger partial charge on any atom is -0.409 e. The van der Waals surface area contributed by atoms with Gasteiger partial charge in [0.1, 0.15) is 5.75 Å². The van der Waals surface area contributed by atoms with Crippen LogP contribution >= 0.6 is 0 Å². The molecule has 160 valence electrons. The molecule has 0 aromatic heterocycles. The van der Waals surface area contributed by atoms with Crippen LogP contribution in [0.2, 0.25) is 0 Å². The van der Waals surface area contributed by atoms with Gasteiger partial charge in [-0.15, -0.1) is 0 Å². The van der Waals surface area contributed by atoms with Gasteiger partial charge in [0.15, 0.2) is 0 Å². The molecule has 30 heavy (non-hydrogen) atoms. The number of nitrogens with two attached hydrogens (primary N) is 1. The van der Waals surface area contributed by atoms with E-state index in [4.69, 9.17) is 10.5 Å². The van der Waals surface area contributed by atoms with E-state index in [1.165, 1.54) is 0 Å². The summed E-state index contributed by atoms with van der Waals surface area (Å²) in [5, 5.41) is 1.49. The second-order valence-corrected chi connectivity index (χ2v) is 8.05. The van der Waals surface area contributed by atoms with Gasteiger partial charge in [0.2, 0.25) is 5.91 Å². The molecule has 0 bridgehead atoms. The van der Waals surface area contributed by atoms with E-state index in [9.17, 15) is 14.4 Å². The van der Waals surface area contributed by atoms with Crippen molar-refractivity contribution >= 4 is 28.7 Å². The van der Waals surface area contributed by atoms with Crippen LogP contribution in [0.1, 0.15) is 43.5 Å². The molecule has 0 radical (unpaired) electrons. The van der Waals surface area contributed by atoms with Crippen molar-refractivity contribution in [3.05, 3.63) is 42.0 Å². The lowest BCUT2D eigenvalue weighted by Gasteiger charge is -2.22. The number of ether oxygens (including phenoxy) is 1. The lowest BCUT2D eigenvalue weighted by molar-refractivity contribution is -0.131. The molecule has 7 nitrogen and oxygen atoms in total. The third-order valence-electron chi connectivity index (χ3n) is 5.38. The number of carbonyl (C=O) groups is 3. The van der Waals surface area contributed by atoms with Crippen LogP contribution < -0.4 is 10.5 Å². The summed E-state index contributed by atoms with van der Waals surface area (Å²) < 4.78 is 5.57. The van der Waals surface area contributed by atoms with Gasteiger partial charge in [-0.25, -0.2) is 4.79 Å². The number of benzene rings is 2. The Morgan fingerprint density at radius 1 is 1.00 bits per heavy atom. The Labute approximate surface area is 176 Å². The normalized spacial score (nSPS) is 14.6. The highest BCUT2D eigenvalue weighted by atomic mass is 16.6. The topological polar surface area (TPSA) is 92.9 Å². The molecule has 1 fully saturated rings. The maximum absolute atomic E-state index is 12.8. The monoisotopic (exact) mass is 411 g/mol. The number of hydrogen-bond acceptors (Lipinski definition) is 4. The largest absolute Gasteiger partial charge is 0.415 e. The van der Waals surface area contributed by atoms with E-state index in [-0.39, 0.29) is 17.2 Å². The molecule has 1 heterocycles. The zero-order valence-corrected chi connectivity index (χ0v) is 17.6. The van der Waals surface area contributed by atoms with Gasteiger partial charge in [-0.2, -0.15) is 0 Å². The Kier molecular flexibility index (Phi) is 6.92. The fourth-order valence-electron chi connectivity index (χ4n) is 3.67. The van der Waals surface area contributed by atoms with Gasteiger partial charge < -0.3 is 20.3 Å². The first-order valence-electron chi connectivity index (χ1n) is 10.4. The first-order chi connectivity index (χ1) is 14.4. The van der Waals surface area contributed by atoms with Crippen LogP contribution in [0.4, 0.5) is 4.79 Å². The standard InChI is InChI=1S/C23H29N3O4/c1-16(2)8-11-20(27)25-12-5-13-26(15-14-25)23(29)30-19-10-9-17-6-3-4-7-18(17)21(19)22(24)28/h3-4,6-7,9-10,16H,5,8,11-15H2,1-2H3,(H2,24,28). The molecule has 7 heteroatoms. The minimum atomic E-state index is -0.646. The Morgan fingerprint density at radius 2 is 1.70 bits per heavy atom. The van der Waals surface area contributed by atoms with Crippen molar-refractivity contribution in [3.8, 4) is 5.75 Å². The molecule has 1 aliphatic heterocycles. The van der Waals surface area contributed by atoms with E-state index in [0.29, 0.717) is 50.3 Å². The van der Waals surface area contributed by atoms with Crippen LogP contribution in [0.25, 0.3) is 10.8 Å². The molecule has 0 saturated carbocycles. The minimum absolute atomic E-state index is 0.129. The van der Waals surface area contributed by atoms with Crippen molar-refractivity contribution in [3.63, 3.8) is 0 Å². The van der Waals surface area contributed by atoms with Gasteiger partial charge in [0.25, 0.3) is 5.91 Å². The van der Waals surface area contributed by atoms with Crippen molar-refractivity contribution in [2.24, 2.45) is 11.7 Å². The van der Waals surface area contributed by atoms with Gasteiger partial charge in [-0.05, 0) is 35.6 Å². The molecule has 3 rings (SSSR count). The Balaban J connectivity index is 1.69. The summed E-state index contributed by atoms with van der Waals surface area (Å²) in [6.45, 7) is 6.19. The lowest BCUT2D eigenvalue weighted by Crippen LogP contribution is -2.38. The second-order valence-electron chi connectivity index (χ2n) is 8.05. The third-order valence-corrected chi connectivity index (χ3v) is 5.38. The van der Waals surface area contributed by atoms with E-state index in [1.54, 1.807) is 29.2 Å². The van der Waals surface area contributed by atoms with Gasteiger partial charge in [0, 0.05) is 32.6 Å². The fourth-order valence-corrected chi connectivity index (χ4v) is 3.67. The molecule has 2 N–H and O–H groups in total. The zero-order chi connectivity index (χ0) is 21.7. The predicted octanol–water partition coefficient (Wildman–Crippen LogP) is 3.41. The first kappa shape index (κ1) is 21.6. The molecule has 0 aliphatic carbocycles. The molecule has 3 amide bonds. The van der Waals surface area contributed by atoms with Crippen molar-refractivity contribution in [1.29, 1.82) is 0 Å². The second kappa shape index (κ2) is 9.61. The fraction of sp³-hybridized carbons (Fsp3) is 0.435. The highest BCUT2D eigenvalue weighted by molar-refractivity contribution is 6.09. The molecule has 2 aromatic carbocycles. The SMILES string of the molecule is CC(C)CCC(=O)N1CCCN(C(=O)Oc2ccc3ccccc3c2C(N)=O)CC1. The van der Waals surface area contributed by atoms with Crippen molar-refractivity contribution in [2.45, 2.75) is 33.1 Å². The van der Waals surface area contributed by atoms with E-state index in [1.807, 2.05) is 17.0 Å². The molecule has 2 aromatic rings. The van der Waals surface area contributed by atoms with Crippen LogP contribution in [-0.4, -0.2) is 53.9 Å². The van der Waals surface area contributed by atoms with Crippen LogP contribution in [0.3, 0.4) is 0 Å². The highest BCUT2D eigenvalue weighted by Gasteiger charge is 2.25. The summed E-state index contributed by atoms with van der Waals surface area (Å²) in [5.41, 5.74) is 5.77. The number of fused-ring (bicyclic) bond motifs is 1. The van der Waals surface area contributed by atoms with Gasteiger partial charge in [0.05, 0.1) is 5.56 Å². The van der Waals surface area contributed by atoms with E-state index >= 15 is 0 Å². The summed E-state index contributed by atoms with van der Waals surface area (Å²) in [7, 11) is 0. The van der Waals surface area contributed by atoms with Crippen LogP contribution in [0.5, 0.6) is 5.75 Å². The quantitative estimate of drug-likeness (QED) is 0.816. The molecular weight excluding hydrogens is 382 g/mol. The Morgan fingerprint density at radius 3 is 2.43 bits per heavy atom. The number of hydrogen-bond donors (Lipinski definition) is 1. The van der Waals surface area contributed by atoms with Crippen molar-refractivity contribution < 1.29 is 19.1 Å². The number of amides is 3. The smallest absolute Gasteiger partial charge is 0.409 e. The average Bonchev–Trinajstić information content (AvgIpc) is 2.98. The molecule has 1 aliphatic rings. The molecule has 0 unspecified atom stereocenters. The summed E-state index contributed by atoms with van der Waals surface area (Å²) in [6, 6.07) is 10.7. The summed E-state index contributed by atoms with van der Waals surface area (Å²) in [5.74, 6) is 0.117. The van der Waals surface area contributed by atoms with Crippen molar-refractivity contribution in [1.82, 2.24) is 9.80 Å². The number of rotatable bonds is 5. The Bertz CT molecular complexity index is 941. The summed E-state index contributed by atoms with van der Waals surface area (Å²) in [4.78, 5) is 40.6. The average molecular weight is 412 g/mol. The highest BCUT2D eigenvalue weighted by Crippen LogP contribution is 2.28. The number of carbonyl (C=O) groups excluding carboxylic acids is 3. The maximum Gasteiger partial charge on any atom is 0.415 e. The van der Waals surface area contributed by atoms with E-state index < -0.39 is 12.0 Å². The van der Waals surface area contributed by atoms with Gasteiger partial charge in [-0.3, -0.25) is 9.59 Å². The maximum atomic E-state index is 12.8. The molecular formula is C23H29N3O4. The van der Waals surface area contributed by atoms with Gasteiger partial charge >= 0.3 is 6.09 Å². The van der Waals surface area contributed by atoms with Crippen molar-refractivity contribution in [2.75, 3.05) is 26.2 Å². The molecule has 0 spiro atoms. The zero-order valence-electron chi connectivity index (χ0n) is 17.6. The van der Waals surface area contributed by atoms with E-state index in [0.717, 1.165) is 11.8 Å². The van der Waals surface area contributed by atoms with Crippen LogP contribution in [0.15, 0.2) is 36.4 Å². The number of nitrogens with zero attached hydrogens (tertiary/aromatic N) is 2.